The second-order valence-corrected chi connectivity index (χ2v) is 15.3. The standard InChI is InChI=1S/C25H51NO3.C20H40O2/c1-4-6-8-10-11-13-19-24(18-12-9-7-5-2)25(28)29-23-17-15-21-26(3)20-14-16-22-27;1-4-7-10-12-13-15-17-19(16-14-11-8-5-2)20(21)22-18-9-6-3/h24,27H,4-23H2,1-3H3;19H,4-18H2,1-3H3. The average Bonchev–Trinajstić information content (AvgIpc) is 3.13. The number of hydrogen-bond acceptors (Lipinski definition) is 6. The molecule has 0 saturated heterocycles. The van der Waals surface area contributed by atoms with Crippen LogP contribution in [0.3, 0.4) is 0 Å². The van der Waals surface area contributed by atoms with Gasteiger partial charge in [0.2, 0.25) is 0 Å². The average molecular weight is 726 g/mol. The summed E-state index contributed by atoms with van der Waals surface area (Å²) in [5.74, 6) is 0.379. The summed E-state index contributed by atoms with van der Waals surface area (Å²) in [4.78, 5) is 27.1. The van der Waals surface area contributed by atoms with Crippen LogP contribution in [0.4, 0.5) is 0 Å². The summed E-state index contributed by atoms with van der Waals surface area (Å²) >= 11 is 0. The topological polar surface area (TPSA) is 76.1 Å². The van der Waals surface area contributed by atoms with Crippen LogP contribution in [0.25, 0.3) is 0 Å². The number of rotatable bonds is 38. The molecule has 2 atom stereocenters. The van der Waals surface area contributed by atoms with Crippen LogP contribution in [0.2, 0.25) is 0 Å². The lowest BCUT2D eigenvalue weighted by Gasteiger charge is -2.17. The summed E-state index contributed by atoms with van der Waals surface area (Å²) in [7, 11) is 2.12. The lowest BCUT2D eigenvalue weighted by Crippen LogP contribution is -2.22. The molecule has 0 fully saturated rings. The molecule has 0 amide bonds. The van der Waals surface area contributed by atoms with Gasteiger partial charge in [-0.2, -0.15) is 0 Å². The van der Waals surface area contributed by atoms with Crippen molar-refractivity contribution in [1.82, 2.24) is 4.90 Å². The first-order valence-corrected chi connectivity index (χ1v) is 22.5. The summed E-state index contributed by atoms with van der Waals surface area (Å²) in [5.41, 5.74) is 0. The molecule has 6 nitrogen and oxygen atoms in total. The zero-order valence-corrected chi connectivity index (χ0v) is 35.4. The molecule has 0 aromatic carbocycles. The van der Waals surface area contributed by atoms with Crippen LogP contribution in [-0.4, -0.2) is 61.9 Å². The third kappa shape index (κ3) is 38.4. The highest BCUT2D eigenvalue weighted by Crippen LogP contribution is 2.22. The molecule has 0 saturated carbocycles. The number of aliphatic hydroxyl groups is 1. The van der Waals surface area contributed by atoms with Crippen molar-refractivity contribution in [1.29, 1.82) is 0 Å². The van der Waals surface area contributed by atoms with Crippen LogP contribution in [0.1, 0.15) is 227 Å². The Hall–Kier alpha value is -1.14. The molecule has 0 aliphatic heterocycles. The maximum atomic E-state index is 12.6. The van der Waals surface area contributed by atoms with E-state index in [1.54, 1.807) is 0 Å². The van der Waals surface area contributed by atoms with E-state index in [-0.39, 0.29) is 30.4 Å². The molecule has 1 N–H and O–H groups in total. The van der Waals surface area contributed by atoms with Crippen LogP contribution >= 0.6 is 0 Å². The molecule has 0 rings (SSSR count). The van der Waals surface area contributed by atoms with E-state index in [0.29, 0.717) is 13.2 Å². The van der Waals surface area contributed by atoms with Gasteiger partial charge in [0.25, 0.3) is 0 Å². The molecule has 0 aliphatic carbocycles. The summed E-state index contributed by atoms with van der Waals surface area (Å²) in [5, 5.41) is 8.84. The molecule has 51 heavy (non-hydrogen) atoms. The summed E-state index contributed by atoms with van der Waals surface area (Å²) < 4.78 is 11.1. The van der Waals surface area contributed by atoms with Gasteiger partial charge in [0.1, 0.15) is 0 Å². The fraction of sp³-hybridized carbons (Fsp3) is 0.956. The highest BCUT2D eigenvalue weighted by atomic mass is 16.5. The highest BCUT2D eigenvalue weighted by molar-refractivity contribution is 5.72. The van der Waals surface area contributed by atoms with Gasteiger partial charge in [-0.3, -0.25) is 9.59 Å². The van der Waals surface area contributed by atoms with E-state index in [1.165, 1.54) is 116 Å². The molecule has 0 aromatic rings. The second kappa shape index (κ2) is 43.3. The molecular formula is C45H91NO5. The van der Waals surface area contributed by atoms with Crippen LogP contribution in [0, 0.1) is 11.8 Å². The van der Waals surface area contributed by atoms with Gasteiger partial charge >= 0.3 is 11.9 Å². The molecule has 0 bridgehead atoms. The van der Waals surface area contributed by atoms with Crippen molar-refractivity contribution in [3.05, 3.63) is 0 Å². The summed E-state index contributed by atoms with van der Waals surface area (Å²) in [6.07, 6.45) is 35.4. The van der Waals surface area contributed by atoms with Crippen molar-refractivity contribution >= 4 is 11.9 Å². The third-order valence-corrected chi connectivity index (χ3v) is 10.2. The van der Waals surface area contributed by atoms with Crippen molar-refractivity contribution in [2.24, 2.45) is 11.8 Å². The van der Waals surface area contributed by atoms with E-state index in [4.69, 9.17) is 14.6 Å². The van der Waals surface area contributed by atoms with E-state index in [1.807, 2.05) is 0 Å². The predicted octanol–water partition coefficient (Wildman–Crippen LogP) is 13.0. The van der Waals surface area contributed by atoms with Crippen LogP contribution in [0.5, 0.6) is 0 Å². The molecule has 0 aliphatic rings. The first kappa shape index (κ1) is 52.0. The Morgan fingerprint density at radius 2 is 0.745 bits per heavy atom. The number of nitrogens with zero attached hydrogens (tertiary/aromatic N) is 1. The van der Waals surface area contributed by atoms with Gasteiger partial charge in [-0.1, -0.05) is 169 Å². The number of esters is 2. The molecular weight excluding hydrogens is 634 g/mol. The Balaban J connectivity index is 0. The number of carbonyl (C=O) groups is 2. The van der Waals surface area contributed by atoms with Crippen molar-refractivity contribution < 1.29 is 24.2 Å². The lowest BCUT2D eigenvalue weighted by atomic mass is 9.94. The Morgan fingerprint density at radius 1 is 0.431 bits per heavy atom. The fourth-order valence-electron chi connectivity index (χ4n) is 6.55. The first-order valence-electron chi connectivity index (χ1n) is 22.5. The van der Waals surface area contributed by atoms with Gasteiger partial charge in [-0.05, 0) is 77.9 Å². The minimum atomic E-state index is 0.0476. The first-order chi connectivity index (χ1) is 24.9. The van der Waals surface area contributed by atoms with E-state index in [2.05, 4.69) is 46.6 Å². The molecule has 0 aromatic heterocycles. The van der Waals surface area contributed by atoms with Gasteiger partial charge in [-0.25, -0.2) is 0 Å². The van der Waals surface area contributed by atoms with Gasteiger partial charge in [0.15, 0.2) is 0 Å². The largest absolute Gasteiger partial charge is 0.465 e. The third-order valence-electron chi connectivity index (χ3n) is 10.2. The normalized spacial score (nSPS) is 12.4. The smallest absolute Gasteiger partial charge is 0.308 e. The number of ether oxygens (including phenoxy) is 2. The zero-order valence-electron chi connectivity index (χ0n) is 35.4. The van der Waals surface area contributed by atoms with E-state index < -0.39 is 0 Å². The number of aliphatic hydroxyl groups excluding tert-OH is 1. The molecule has 6 heteroatoms. The maximum Gasteiger partial charge on any atom is 0.308 e. The van der Waals surface area contributed by atoms with Crippen LogP contribution < -0.4 is 0 Å². The fourth-order valence-corrected chi connectivity index (χ4v) is 6.55. The molecule has 0 spiro atoms. The number of hydrogen-bond donors (Lipinski definition) is 1. The van der Waals surface area contributed by atoms with Gasteiger partial charge in [0, 0.05) is 6.61 Å². The van der Waals surface area contributed by atoms with E-state index >= 15 is 0 Å². The Kier molecular flexibility index (Phi) is 44.1. The van der Waals surface area contributed by atoms with Gasteiger partial charge < -0.3 is 19.5 Å². The van der Waals surface area contributed by atoms with Crippen molar-refractivity contribution in [3.8, 4) is 0 Å². The lowest BCUT2D eigenvalue weighted by molar-refractivity contribution is -0.150. The Bertz CT molecular complexity index is 702. The second-order valence-electron chi connectivity index (χ2n) is 15.3. The Morgan fingerprint density at radius 3 is 1.12 bits per heavy atom. The minimum Gasteiger partial charge on any atom is -0.465 e. The summed E-state index contributed by atoms with van der Waals surface area (Å²) in [6.45, 7) is 14.6. The monoisotopic (exact) mass is 726 g/mol. The summed E-state index contributed by atoms with van der Waals surface area (Å²) in [6, 6.07) is 0. The zero-order chi connectivity index (χ0) is 38.0. The van der Waals surface area contributed by atoms with Crippen molar-refractivity contribution in [2.45, 2.75) is 227 Å². The van der Waals surface area contributed by atoms with Crippen molar-refractivity contribution in [3.63, 3.8) is 0 Å². The van der Waals surface area contributed by atoms with E-state index in [9.17, 15) is 9.59 Å². The maximum absolute atomic E-state index is 12.6. The van der Waals surface area contributed by atoms with E-state index in [0.717, 1.165) is 90.1 Å². The van der Waals surface area contributed by atoms with Crippen LogP contribution in [0.15, 0.2) is 0 Å². The SMILES string of the molecule is CCCCCCCCC(CCCCCC)C(=O)OCCCC.CCCCCCCCC(CCCCCC)C(=O)OCCCCN(C)CCCCO. The van der Waals surface area contributed by atoms with Gasteiger partial charge in [-0.15, -0.1) is 0 Å². The molecule has 306 valence electrons. The minimum absolute atomic E-state index is 0.0476. The van der Waals surface area contributed by atoms with Crippen LogP contribution in [-0.2, 0) is 19.1 Å². The number of unbranched alkanes of at least 4 members (excludes halogenated alkanes) is 19. The van der Waals surface area contributed by atoms with Crippen molar-refractivity contribution in [2.75, 3.05) is 40.0 Å². The quantitative estimate of drug-likeness (QED) is 0.0504. The number of carbonyl (C=O) groups excluding carboxylic acids is 2. The molecule has 0 heterocycles. The van der Waals surface area contributed by atoms with Gasteiger partial charge in [0.05, 0.1) is 25.0 Å². The molecule has 2 unspecified atom stereocenters. The Labute approximate surface area is 319 Å². The molecule has 0 radical (unpaired) electrons. The predicted molar refractivity (Wildman–Crippen MR) is 220 cm³/mol. The highest BCUT2D eigenvalue weighted by Gasteiger charge is 2.20.